The summed E-state index contributed by atoms with van der Waals surface area (Å²) in [5.41, 5.74) is 0. The smallest absolute Gasteiger partial charge is 0.320 e. The number of aliphatic carboxylic acids is 1. The Morgan fingerprint density at radius 3 is 2.16 bits per heavy atom. The predicted molar refractivity (Wildman–Crippen MR) is 73.2 cm³/mol. The van der Waals surface area contributed by atoms with Crippen molar-refractivity contribution in [3.8, 4) is 0 Å². The molecule has 0 aromatic rings. The molecule has 1 atom stereocenters. The second kappa shape index (κ2) is 6.75. The van der Waals surface area contributed by atoms with Crippen LogP contribution in [0.4, 0.5) is 4.79 Å². The molecule has 1 rings (SSSR count). The monoisotopic (exact) mass is 271 g/mol. The molecule has 0 radical (unpaired) electrons. The van der Waals surface area contributed by atoms with Crippen molar-refractivity contribution < 1.29 is 14.7 Å². The van der Waals surface area contributed by atoms with Gasteiger partial charge in [0.15, 0.2) is 0 Å². The Morgan fingerprint density at radius 2 is 1.79 bits per heavy atom. The molecule has 0 aromatic carbocycles. The summed E-state index contributed by atoms with van der Waals surface area (Å²) in [4.78, 5) is 28.3. The summed E-state index contributed by atoms with van der Waals surface area (Å²) in [5.74, 6) is -0.767. The highest BCUT2D eigenvalue weighted by Crippen LogP contribution is 2.19. The zero-order valence-corrected chi connectivity index (χ0v) is 12.3. The lowest BCUT2D eigenvalue weighted by atomic mass is 10.0. The number of likely N-dealkylation sites (N-methyl/N-ethyl adjacent to an activating group) is 1. The molecule has 0 saturated carbocycles. The second-order valence-electron chi connectivity index (χ2n) is 5.32. The molecule has 2 amide bonds. The van der Waals surface area contributed by atoms with Gasteiger partial charge in [0.1, 0.15) is 6.04 Å². The molecule has 0 spiro atoms. The fourth-order valence-electron chi connectivity index (χ4n) is 2.64. The van der Waals surface area contributed by atoms with Gasteiger partial charge in [0.05, 0.1) is 0 Å². The van der Waals surface area contributed by atoms with Gasteiger partial charge in [0, 0.05) is 33.2 Å². The third-order valence-electron chi connectivity index (χ3n) is 3.86. The van der Waals surface area contributed by atoms with Crippen molar-refractivity contribution in [2.45, 2.75) is 38.3 Å². The van der Waals surface area contributed by atoms with Gasteiger partial charge in [-0.3, -0.25) is 9.69 Å². The Hall–Kier alpha value is -1.30. The Bertz CT molecular complexity index is 325. The van der Waals surface area contributed by atoms with Crippen molar-refractivity contribution in [2.75, 3.05) is 34.2 Å². The van der Waals surface area contributed by atoms with Crippen molar-refractivity contribution in [3.63, 3.8) is 0 Å². The van der Waals surface area contributed by atoms with Crippen molar-refractivity contribution in [1.82, 2.24) is 14.7 Å². The predicted octanol–water partition coefficient (Wildman–Crippen LogP) is 0.927. The van der Waals surface area contributed by atoms with Crippen LogP contribution in [0.1, 0.15) is 26.2 Å². The van der Waals surface area contributed by atoms with Gasteiger partial charge in [-0.1, -0.05) is 6.92 Å². The van der Waals surface area contributed by atoms with E-state index in [4.69, 9.17) is 0 Å². The minimum absolute atomic E-state index is 0.0337. The van der Waals surface area contributed by atoms with E-state index in [-0.39, 0.29) is 12.1 Å². The number of carboxylic acid groups (broad SMARTS) is 1. The molecule has 0 aromatic heterocycles. The zero-order chi connectivity index (χ0) is 14.6. The third kappa shape index (κ3) is 3.83. The fraction of sp³-hybridized carbons (Fsp3) is 0.846. The summed E-state index contributed by atoms with van der Waals surface area (Å²) in [6.45, 7) is 3.28. The molecule has 1 heterocycles. The lowest BCUT2D eigenvalue weighted by molar-refractivity contribution is -0.144. The molecule has 6 heteroatoms. The summed E-state index contributed by atoms with van der Waals surface area (Å²) in [5, 5.41) is 9.17. The van der Waals surface area contributed by atoms with Crippen LogP contribution in [0.2, 0.25) is 0 Å². The number of rotatable bonds is 4. The average molecular weight is 271 g/mol. The zero-order valence-electron chi connectivity index (χ0n) is 12.3. The number of amides is 2. The first-order valence-corrected chi connectivity index (χ1v) is 6.79. The number of likely N-dealkylation sites (tertiary alicyclic amines) is 1. The van der Waals surface area contributed by atoms with Crippen LogP contribution in [0.3, 0.4) is 0 Å². The van der Waals surface area contributed by atoms with Crippen LogP contribution in [-0.4, -0.2) is 78.1 Å². The van der Waals surface area contributed by atoms with E-state index in [0.29, 0.717) is 19.5 Å². The summed E-state index contributed by atoms with van der Waals surface area (Å²) in [6, 6.07) is -0.153. The number of urea groups is 1. The summed E-state index contributed by atoms with van der Waals surface area (Å²) in [7, 11) is 5.37. The number of hydrogen-bond donors (Lipinski definition) is 1. The van der Waals surface area contributed by atoms with Crippen LogP contribution in [0.5, 0.6) is 0 Å². The van der Waals surface area contributed by atoms with E-state index < -0.39 is 12.0 Å². The van der Waals surface area contributed by atoms with Gasteiger partial charge in [-0.25, -0.2) is 4.79 Å². The quantitative estimate of drug-likeness (QED) is 0.826. The summed E-state index contributed by atoms with van der Waals surface area (Å²) >= 11 is 0. The first-order chi connectivity index (χ1) is 8.88. The first-order valence-electron chi connectivity index (χ1n) is 6.79. The lowest BCUT2D eigenvalue weighted by Crippen LogP contribution is -2.51. The molecule has 0 bridgehead atoms. The SMILES string of the molecule is CCC(C(=O)O)N(C)C1CCN(C(=O)N(C)C)CC1. The molecule has 0 aliphatic carbocycles. The number of hydrogen-bond acceptors (Lipinski definition) is 3. The van der Waals surface area contributed by atoms with E-state index in [2.05, 4.69) is 0 Å². The van der Waals surface area contributed by atoms with Gasteiger partial charge in [0.25, 0.3) is 0 Å². The topological polar surface area (TPSA) is 64.1 Å². The molecule has 110 valence electrons. The standard InChI is InChI=1S/C13H25N3O3/c1-5-11(12(17)18)15(4)10-6-8-16(9-7-10)13(19)14(2)3/h10-11H,5-9H2,1-4H3,(H,17,18). The van der Waals surface area contributed by atoms with Gasteiger partial charge < -0.3 is 14.9 Å². The number of carboxylic acids is 1. The van der Waals surface area contributed by atoms with Crippen molar-refractivity contribution in [3.05, 3.63) is 0 Å². The molecular weight excluding hydrogens is 246 g/mol. The molecular formula is C13H25N3O3. The minimum atomic E-state index is -0.767. The molecule has 6 nitrogen and oxygen atoms in total. The highest BCUT2D eigenvalue weighted by atomic mass is 16.4. The van der Waals surface area contributed by atoms with Crippen LogP contribution in [0.15, 0.2) is 0 Å². The molecule has 1 aliphatic heterocycles. The molecule has 19 heavy (non-hydrogen) atoms. The maximum atomic E-state index is 11.8. The number of carbonyl (C=O) groups excluding carboxylic acids is 1. The Balaban J connectivity index is 2.53. The number of carbonyl (C=O) groups is 2. The molecule has 1 saturated heterocycles. The van der Waals surface area contributed by atoms with E-state index in [0.717, 1.165) is 12.8 Å². The van der Waals surface area contributed by atoms with Gasteiger partial charge in [-0.05, 0) is 26.3 Å². The highest BCUT2D eigenvalue weighted by molar-refractivity contribution is 5.74. The van der Waals surface area contributed by atoms with Crippen LogP contribution in [-0.2, 0) is 4.79 Å². The fourth-order valence-corrected chi connectivity index (χ4v) is 2.64. The van der Waals surface area contributed by atoms with Gasteiger partial charge >= 0.3 is 12.0 Å². The van der Waals surface area contributed by atoms with Crippen LogP contribution in [0, 0.1) is 0 Å². The number of piperidine rings is 1. The van der Waals surface area contributed by atoms with Crippen LogP contribution >= 0.6 is 0 Å². The molecule has 1 unspecified atom stereocenters. The minimum Gasteiger partial charge on any atom is -0.480 e. The molecule has 1 fully saturated rings. The van der Waals surface area contributed by atoms with E-state index in [1.807, 2.05) is 23.8 Å². The Morgan fingerprint density at radius 1 is 1.26 bits per heavy atom. The van der Waals surface area contributed by atoms with E-state index >= 15 is 0 Å². The van der Waals surface area contributed by atoms with Gasteiger partial charge in [0.2, 0.25) is 0 Å². The van der Waals surface area contributed by atoms with Crippen LogP contribution < -0.4 is 0 Å². The Labute approximate surface area is 115 Å². The summed E-state index contributed by atoms with van der Waals surface area (Å²) < 4.78 is 0. The van der Waals surface area contributed by atoms with Crippen molar-refractivity contribution in [2.24, 2.45) is 0 Å². The van der Waals surface area contributed by atoms with Crippen LogP contribution in [0.25, 0.3) is 0 Å². The van der Waals surface area contributed by atoms with Crippen molar-refractivity contribution in [1.29, 1.82) is 0 Å². The maximum Gasteiger partial charge on any atom is 0.320 e. The maximum absolute atomic E-state index is 11.8. The normalized spacial score (nSPS) is 18.5. The highest BCUT2D eigenvalue weighted by Gasteiger charge is 2.31. The van der Waals surface area contributed by atoms with Crippen molar-refractivity contribution >= 4 is 12.0 Å². The third-order valence-corrected chi connectivity index (χ3v) is 3.86. The molecule has 1 aliphatic rings. The van der Waals surface area contributed by atoms with Gasteiger partial charge in [-0.15, -0.1) is 0 Å². The summed E-state index contributed by atoms with van der Waals surface area (Å²) in [6.07, 6.45) is 2.27. The average Bonchev–Trinajstić information content (AvgIpc) is 2.38. The number of nitrogens with zero attached hydrogens (tertiary/aromatic N) is 3. The first kappa shape index (κ1) is 15.8. The Kier molecular flexibility index (Phi) is 5.60. The van der Waals surface area contributed by atoms with E-state index in [1.54, 1.807) is 19.0 Å². The van der Waals surface area contributed by atoms with E-state index in [9.17, 15) is 14.7 Å². The molecule has 1 N–H and O–H groups in total. The van der Waals surface area contributed by atoms with E-state index in [1.165, 1.54) is 0 Å². The van der Waals surface area contributed by atoms with Gasteiger partial charge in [-0.2, -0.15) is 0 Å². The second-order valence-corrected chi connectivity index (χ2v) is 5.32. The lowest BCUT2D eigenvalue weighted by Gasteiger charge is -2.39. The largest absolute Gasteiger partial charge is 0.480 e.